The molecule has 0 radical (unpaired) electrons. The molecule has 0 saturated heterocycles. The number of nitrogens with one attached hydrogen (secondary N) is 2. The zero-order valence-electron chi connectivity index (χ0n) is 19.4. The fourth-order valence-electron chi connectivity index (χ4n) is 5.08. The van der Waals surface area contributed by atoms with Crippen LogP contribution >= 0.6 is 12.2 Å². The van der Waals surface area contributed by atoms with Crippen molar-refractivity contribution in [2.45, 2.75) is 32.9 Å². The third kappa shape index (κ3) is 3.59. The first-order valence-corrected chi connectivity index (χ1v) is 12.1. The minimum atomic E-state index is -0.0367. The van der Waals surface area contributed by atoms with Crippen molar-refractivity contribution in [3.05, 3.63) is 94.2 Å². The molecule has 4 aromatic rings. The second-order valence-electron chi connectivity index (χ2n) is 9.10. The highest BCUT2D eigenvalue weighted by molar-refractivity contribution is 7.80. The van der Waals surface area contributed by atoms with Crippen molar-refractivity contribution in [3.63, 3.8) is 0 Å². The maximum atomic E-state index is 5.96. The van der Waals surface area contributed by atoms with Crippen LogP contribution in [-0.4, -0.2) is 28.3 Å². The van der Waals surface area contributed by atoms with E-state index in [1.54, 1.807) is 0 Å². The van der Waals surface area contributed by atoms with E-state index in [0.29, 0.717) is 6.54 Å². The quantitative estimate of drug-likeness (QED) is 0.386. The first-order chi connectivity index (χ1) is 16.6. The summed E-state index contributed by atoms with van der Waals surface area (Å²) in [4.78, 5) is 6.00. The van der Waals surface area contributed by atoms with E-state index in [0.717, 1.165) is 40.7 Å². The van der Waals surface area contributed by atoms with E-state index in [-0.39, 0.29) is 12.8 Å². The van der Waals surface area contributed by atoms with E-state index in [9.17, 15) is 0 Å². The van der Waals surface area contributed by atoms with Gasteiger partial charge >= 0.3 is 0 Å². The van der Waals surface area contributed by atoms with Crippen molar-refractivity contribution in [1.29, 1.82) is 0 Å². The number of para-hydroxylation sites is 1. The van der Waals surface area contributed by atoms with Crippen molar-refractivity contribution in [3.8, 4) is 11.5 Å². The lowest BCUT2D eigenvalue weighted by atomic mass is 9.92. The van der Waals surface area contributed by atoms with Gasteiger partial charge in [0.15, 0.2) is 16.6 Å². The van der Waals surface area contributed by atoms with E-state index in [2.05, 4.69) is 83.6 Å². The fourth-order valence-corrected chi connectivity index (χ4v) is 5.35. The standard InChI is InChI=1S/C28H27N3O2S/c1-17-7-8-19(13-18(17)2)15-29-28(34)31-12-11-22-21-5-3-4-6-23(21)30-26(22)27(31)20-9-10-24-25(14-20)33-16-32-24/h3-10,13-14,27,30H,11-12,15-16H2,1-2H3,(H,29,34)/t27-/m1/s1. The van der Waals surface area contributed by atoms with Crippen LogP contribution in [0.25, 0.3) is 10.9 Å². The summed E-state index contributed by atoms with van der Waals surface area (Å²) in [6, 6.07) is 21.3. The molecule has 2 N–H and O–H groups in total. The molecule has 6 rings (SSSR count). The van der Waals surface area contributed by atoms with Gasteiger partial charge in [0.2, 0.25) is 6.79 Å². The third-order valence-corrected chi connectivity index (χ3v) is 7.40. The Morgan fingerprint density at radius 2 is 1.88 bits per heavy atom. The minimum absolute atomic E-state index is 0.0367. The van der Waals surface area contributed by atoms with Gasteiger partial charge in [-0.1, -0.05) is 42.5 Å². The Morgan fingerprint density at radius 1 is 1.03 bits per heavy atom. The molecule has 0 aliphatic carbocycles. The zero-order chi connectivity index (χ0) is 23.2. The van der Waals surface area contributed by atoms with Crippen LogP contribution in [0.3, 0.4) is 0 Å². The van der Waals surface area contributed by atoms with Gasteiger partial charge in [-0.25, -0.2) is 0 Å². The van der Waals surface area contributed by atoms with Crippen LogP contribution in [-0.2, 0) is 13.0 Å². The van der Waals surface area contributed by atoms with Gasteiger partial charge in [0, 0.05) is 29.7 Å². The maximum absolute atomic E-state index is 5.96. The molecular formula is C28H27N3O2S. The number of H-pyrrole nitrogens is 1. The van der Waals surface area contributed by atoms with Gasteiger partial charge in [-0.3, -0.25) is 0 Å². The lowest BCUT2D eigenvalue weighted by Crippen LogP contribution is -2.45. The Balaban J connectivity index is 1.36. The summed E-state index contributed by atoms with van der Waals surface area (Å²) in [5, 5.41) is 5.56. The smallest absolute Gasteiger partial charge is 0.231 e. The predicted octanol–water partition coefficient (Wildman–Crippen LogP) is 5.54. The molecule has 0 unspecified atom stereocenters. The van der Waals surface area contributed by atoms with Crippen molar-refractivity contribution >= 4 is 28.2 Å². The monoisotopic (exact) mass is 469 g/mol. The molecule has 1 aromatic heterocycles. The van der Waals surface area contributed by atoms with Crippen LogP contribution in [0, 0.1) is 13.8 Å². The topological polar surface area (TPSA) is 49.5 Å². The first-order valence-electron chi connectivity index (χ1n) is 11.7. The highest BCUT2D eigenvalue weighted by Crippen LogP contribution is 2.42. The minimum Gasteiger partial charge on any atom is -0.454 e. The Kier molecular flexibility index (Phi) is 5.18. The van der Waals surface area contributed by atoms with Gasteiger partial charge in [-0.2, -0.15) is 0 Å². The van der Waals surface area contributed by atoms with E-state index in [4.69, 9.17) is 21.7 Å². The average Bonchev–Trinajstić information content (AvgIpc) is 3.47. The van der Waals surface area contributed by atoms with Crippen LogP contribution in [0.1, 0.15) is 39.6 Å². The summed E-state index contributed by atoms with van der Waals surface area (Å²) in [7, 11) is 0. The van der Waals surface area contributed by atoms with E-state index in [1.165, 1.54) is 33.3 Å². The number of rotatable bonds is 3. The number of hydrogen-bond donors (Lipinski definition) is 2. The van der Waals surface area contributed by atoms with Crippen LogP contribution in [0.4, 0.5) is 0 Å². The second kappa shape index (κ2) is 8.37. The molecule has 0 fully saturated rings. The molecule has 3 heterocycles. The second-order valence-corrected chi connectivity index (χ2v) is 9.49. The number of aryl methyl sites for hydroxylation is 2. The number of fused-ring (bicyclic) bond motifs is 4. The van der Waals surface area contributed by atoms with Gasteiger partial charge in [0.05, 0.1) is 6.04 Å². The number of aromatic nitrogens is 1. The third-order valence-electron chi connectivity index (χ3n) is 7.02. The van der Waals surface area contributed by atoms with Crippen LogP contribution in [0.15, 0.2) is 60.7 Å². The number of thiocarbonyl (C=S) groups is 1. The van der Waals surface area contributed by atoms with Crippen molar-refractivity contribution in [2.24, 2.45) is 0 Å². The highest BCUT2D eigenvalue weighted by Gasteiger charge is 2.34. The van der Waals surface area contributed by atoms with Crippen molar-refractivity contribution in [1.82, 2.24) is 15.2 Å². The van der Waals surface area contributed by atoms with Gasteiger partial charge in [0.25, 0.3) is 0 Å². The van der Waals surface area contributed by atoms with Gasteiger partial charge in [0.1, 0.15) is 0 Å². The summed E-state index contributed by atoms with van der Waals surface area (Å²) in [5.74, 6) is 1.58. The van der Waals surface area contributed by atoms with E-state index >= 15 is 0 Å². The summed E-state index contributed by atoms with van der Waals surface area (Å²) >= 11 is 5.96. The Hall–Kier alpha value is -3.51. The van der Waals surface area contributed by atoms with Gasteiger partial charge in [-0.05, 0) is 78.5 Å². The SMILES string of the molecule is Cc1ccc(CNC(=S)N2CCc3c([nH]c4ccccc34)[C@H]2c2ccc3c(c2)OCO3)cc1C. The fraction of sp³-hybridized carbons (Fsp3) is 0.250. The highest BCUT2D eigenvalue weighted by atomic mass is 32.1. The Bertz CT molecular complexity index is 1410. The van der Waals surface area contributed by atoms with E-state index in [1.807, 2.05) is 6.07 Å². The lowest BCUT2D eigenvalue weighted by molar-refractivity contribution is 0.174. The average molecular weight is 470 g/mol. The first kappa shape index (κ1) is 21.1. The maximum Gasteiger partial charge on any atom is 0.231 e. The van der Waals surface area contributed by atoms with Gasteiger partial charge in [-0.15, -0.1) is 0 Å². The molecule has 3 aromatic carbocycles. The van der Waals surface area contributed by atoms with Crippen molar-refractivity contribution in [2.75, 3.05) is 13.3 Å². The molecule has 6 heteroatoms. The molecule has 5 nitrogen and oxygen atoms in total. The Morgan fingerprint density at radius 3 is 2.76 bits per heavy atom. The zero-order valence-corrected chi connectivity index (χ0v) is 20.2. The normalized spacial score (nSPS) is 16.5. The lowest BCUT2D eigenvalue weighted by Gasteiger charge is -2.38. The van der Waals surface area contributed by atoms with E-state index < -0.39 is 0 Å². The number of hydrogen-bond acceptors (Lipinski definition) is 3. The summed E-state index contributed by atoms with van der Waals surface area (Å²) in [5.41, 5.74) is 8.68. The predicted molar refractivity (Wildman–Crippen MR) is 138 cm³/mol. The summed E-state index contributed by atoms with van der Waals surface area (Å²) in [6.45, 7) is 6.09. The molecule has 2 aliphatic heterocycles. The number of ether oxygens (including phenoxy) is 2. The summed E-state index contributed by atoms with van der Waals surface area (Å²) in [6.07, 6.45) is 0.936. The van der Waals surface area contributed by atoms with Crippen molar-refractivity contribution < 1.29 is 9.47 Å². The van der Waals surface area contributed by atoms with Crippen LogP contribution < -0.4 is 14.8 Å². The van der Waals surface area contributed by atoms with Crippen LogP contribution in [0.5, 0.6) is 11.5 Å². The van der Waals surface area contributed by atoms with Gasteiger partial charge < -0.3 is 24.7 Å². The molecule has 0 bridgehead atoms. The molecule has 2 aliphatic rings. The molecule has 1 atom stereocenters. The van der Waals surface area contributed by atoms with Crippen LogP contribution in [0.2, 0.25) is 0 Å². The number of nitrogens with zero attached hydrogens (tertiary/aromatic N) is 1. The Labute approximate surface area is 204 Å². The molecule has 34 heavy (non-hydrogen) atoms. The molecular weight excluding hydrogens is 442 g/mol. The largest absolute Gasteiger partial charge is 0.454 e. The molecule has 0 saturated carbocycles. The molecule has 172 valence electrons. The number of aromatic amines is 1. The molecule has 0 spiro atoms. The number of benzene rings is 3. The molecule has 0 amide bonds. The summed E-state index contributed by atoms with van der Waals surface area (Å²) < 4.78 is 11.3.